The third-order valence-corrected chi connectivity index (χ3v) is 5.16. The van der Waals surface area contributed by atoms with Gasteiger partial charge in [-0.1, -0.05) is 23.8 Å². The molecule has 124 valence electrons. The summed E-state index contributed by atoms with van der Waals surface area (Å²) in [4.78, 5) is 1.03. The maximum absolute atomic E-state index is 4.69. The van der Waals surface area contributed by atoms with Crippen molar-refractivity contribution in [2.75, 3.05) is 0 Å². The second-order valence-electron chi connectivity index (χ2n) is 6.82. The molecule has 0 N–H and O–H groups in total. The summed E-state index contributed by atoms with van der Waals surface area (Å²) in [5.41, 5.74) is 9.03. The zero-order valence-corrected chi connectivity index (χ0v) is 16.0. The number of nitrogens with zero attached hydrogens (tertiary/aromatic N) is 2. The second kappa shape index (κ2) is 6.48. The smallest absolute Gasteiger partial charge is 0.232 e. The highest BCUT2D eigenvalue weighted by Crippen LogP contribution is 2.24. The number of hydrogen-bond acceptors (Lipinski definition) is 1. The molecule has 0 saturated heterocycles. The van der Waals surface area contributed by atoms with Gasteiger partial charge < -0.3 is 0 Å². The topological polar surface area (TPSA) is 8.81 Å². The van der Waals surface area contributed by atoms with Gasteiger partial charge in [0.05, 0.1) is 4.90 Å². The number of hydrogen-bond donors (Lipinski definition) is 1. The highest BCUT2D eigenvalue weighted by molar-refractivity contribution is 7.80. The van der Waals surface area contributed by atoms with E-state index in [4.69, 9.17) is 12.6 Å². The Morgan fingerprint density at radius 2 is 1.46 bits per heavy atom. The number of rotatable bonds is 3. The van der Waals surface area contributed by atoms with E-state index in [1.54, 1.807) is 0 Å². The molecule has 0 bridgehead atoms. The van der Waals surface area contributed by atoms with Crippen LogP contribution in [0.25, 0.3) is 5.69 Å². The molecule has 3 rings (SSSR count). The van der Waals surface area contributed by atoms with Crippen LogP contribution in [0, 0.1) is 34.6 Å². The first-order chi connectivity index (χ1) is 11.3. The molecule has 3 heteroatoms. The largest absolute Gasteiger partial charge is 0.249 e. The van der Waals surface area contributed by atoms with Gasteiger partial charge in [0, 0.05) is 0 Å². The third kappa shape index (κ3) is 3.27. The zero-order chi connectivity index (χ0) is 17.4. The van der Waals surface area contributed by atoms with E-state index >= 15 is 0 Å². The molecule has 0 atom stereocenters. The first-order valence-corrected chi connectivity index (χ1v) is 8.74. The lowest BCUT2D eigenvalue weighted by molar-refractivity contribution is -0.687. The van der Waals surface area contributed by atoms with Crippen LogP contribution in [0.4, 0.5) is 0 Å². The fourth-order valence-electron chi connectivity index (χ4n) is 3.41. The van der Waals surface area contributed by atoms with E-state index in [-0.39, 0.29) is 0 Å². The van der Waals surface area contributed by atoms with Crippen molar-refractivity contribution < 1.29 is 4.57 Å². The Bertz CT molecular complexity index is 883. The maximum atomic E-state index is 4.69. The van der Waals surface area contributed by atoms with Crippen molar-refractivity contribution >= 4 is 12.6 Å². The van der Waals surface area contributed by atoms with E-state index in [1.165, 1.54) is 33.4 Å². The van der Waals surface area contributed by atoms with Gasteiger partial charge in [-0.3, -0.25) is 0 Å². The molecule has 0 amide bonds. The fourth-order valence-corrected chi connectivity index (χ4v) is 3.65. The fraction of sp³-hybridized carbons (Fsp3) is 0.286. The Labute approximate surface area is 150 Å². The summed E-state index contributed by atoms with van der Waals surface area (Å²) in [6.07, 6.45) is 6.38. The van der Waals surface area contributed by atoms with Gasteiger partial charge in [0.2, 0.25) is 6.33 Å². The first kappa shape index (κ1) is 16.8. The van der Waals surface area contributed by atoms with Crippen molar-refractivity contribution in [1.82, 2.24) is 4.57 Å². The monoisotopic (exact) mass is 337 g/mol. The molecule has 2 nitrogen and oxygen atoms in total. The van der Waals surface area contributed by atoms with Crippen molar-refractivity contribution in [2.24, 2.45) is 0 Å². The van der Waals surface area contributed by atoms with Crippen LogP contribution in [-0.4, -0.2) is 4.57 Å². The molecule has 1 aromatic heterocycles. The Balaban J connectivity index is 1.95. The van der Waals surface area contributed by atoms with E-state index in [1.807, 2.05) is 0 Å². The highest BCUT2D eigenvalue weighted by Gasteiger charge is 2.14. The molecule has 0 unspecified atom stereocenters. The van der Waals surface area contributed by atoms with Crippen LogP contribution in [-0.2, 0) is 6.54 Å². The molecular weight excluding hydrogens is 312 g/mol. The third-order valence-electron chi connectivity index (χ3n) is 4.58. The van der Waals surface area contributed by atoms with E-state index in [9.17, 15) is 0 Å². The molecule has 0 aliphatic carbocycles. The Hall–Kier alpha value is -2.00. The van der Waals surface area contributed by atoms with Gasteiger partial charge in [-0.2, -0.15) is 0 Å². The Morgan fingerprint density at radius 1 is 0.875 bits per heavy atom. The van der Waals surface area contributed by atoms with Crippen LogP contribution < -0.4 is 4.57 Å². The number of benzene rings is 2. The Kier molecular flexibility index (Phi) is 4.55. The molecular formula is C21H25N2S+. The van der Waals surface area contributed by atoms with E-state index in [2.05, 4.69) is 86.7 Å². The van der Waals surface area contributed by atoms with E-state index < -0.39 is 0 Å². The van der Waals surface area contributed by atoms with Gasteiger partial charge in [-0.05, 0) is 68.5 Å². The standard InChI is InChI=1S/C21H24N2S/c1-14-8-16(3)19(17(4)9-14)12-22-6-7-23(13-22)20-11-15(2)10-18(5)21(20)24/h6-11,13H,12H2,1-5H3/p+1. The summed E-state index contributed by atoms with van der Waals surface area (Å²) in [7, 11) is 0. The summed E-state index contributed by atoms with van der Waals surface area (Å²) < 4.78 is 4.39. The summed E-state index contributed by atoms with van der Waals surface area (Å²) in [6.45, 7) is 11.7. The van der Waals surface area contributed by atoms with Gasteiger partial charge in [0.1, 0.15) is 24.6 Å². The van der Waals surface area contributed by atoms with Gasteiger partial charge in [-0.25, -0.2) is 9.13 Å². The lowest BCUT2D eigenvalue weighted by Crippen LogP contribution is -2.32. The molecule has 24 heavy (non-hydrogen) atoms. The molecule has 0 fully saturated rings. The van der Waals surface area contributed by atoms with Gasteiger partial charge in [-0.15, -0.1) is 12.6 Å². The molecule has 2 aromatic carbocycles. The van der Waals surface area contributed by atoms with Crippen molar-refractivity contribution in [3.05, 3.63) is 76.4 Å². The summed E-state index contributed by atoms with van der Waals surface area (Å²) in [6, 6.07) is 8.87. The molecule has 1 heterocycles. The maximum Gasteiger partial charge on any atom is 0.249 e. The number of aromatic nitrogens is 2. The van der Waals surface area contributed by atoms with Crippen LogP contribution in [0.15, 0.2) is 47.9 Å². The molecule has 0 saturated carbocycles. The summed E-state index contributed by atoms with van der Waals surface area (Å²) in [5.74, 6) is 0. The van der Waals surface area contributed by atoms with Gasteiger partial charge in [0.25, 0.3) is 0 Å². The molecule has 0 aliphatic heterocycles. The van der Waals surface area contributed by atoms with Crippen molar-refractivity contribution in [3.8, 4) is 5.69 Å². The van der Waals surface area contributed by atoms with Crippen LogP contribution >= 0.6 is 12.6 Å². The number of imidazole rings is 1. The Morgan fingerprint density at radius 3 is 2.12 bits per heavy atom. The van der Waals surface area contributed by atoms with Crippen LogP contribution in [0.3, 0.4) is 0 Å². The second-order valence-corrected chi connectivity index (χ2v) is 7.27. The van der Waals surface area contributed by atoms with Gasteiger partial charge in [0.15, 0.2) is 0 Å². The summed E-state index contributed by atoms with van der Waals surface area (Å²) >= 11 is 4.69. The minimum atomic E-state index is 0.887. The molecule has 0 aliphatic rings. The van der Waals surface area contributed by atoms with E-state index in [0.717, 1.165) is 17.1 Å². The predicted octanol–water partition coefficient (Wildman–Crippen LogP) is 4.64. The van der Waals surface area contributed by atoms with Crippen molar-refractivity contribution in [3.63, 3.8) is 0 Å². The van der Waals surface area contributed by atoms with Crippen LogP contribution in [0.5, 0.6) is 0 Å². The number of thiol groups is 1. The van der Waals surface area contributed by atoms with Crippen LogP contribution in [0.1, 0.15) is 33.4 Å². The highest BCUT2D eigenvalue weighted by atomic mass is 32.1. The lowest BCUT2D eigenvalue weighted by atomic mass is 10.00. The minimum Gasteiger partial charge on any atom is -0.232 e. The average molecular weight is 338 g/mol. The van der Waals surface area contributed by atoms with Crippen molar-refractivity contribution in [1.29, 1.82) is 0 Å². The zero-order valence-electron chi connectivity index (χ0n) is 15.1. The molecule has 0 radical (unpaired) electrons. The van der Waals surface area contributed by atoms with Gasteiger partial charge >= 0.3 is 0 Å². The SMILES string of the molecule is Cc1cc(C)c(C[n+]2ccn(-c3cc(C)cc(C)c3S)c2)c(C)c1. The average Bonchev–Trinajstić information content (AvgIpc) is 2.95. The summed E-state index contributed by atoms with van der Waals surface area (Å²) in [5, 5.41) is 0. The number of aryl methyl sites for hydroxylation is 5. The quantitative estimate of drug-likeness (QED) is 0.526. The minimum absolute atomic E-state index is 0.887. The predicted molar refractivity (Wildman–Crippen MR) is 102 cm³/mol. The van der Waals surface area contributed by atoms with E-state index in [0.29, 0.717) is 0 Å². The normalized spacial score (nSPS) is 11.1. The molecule has 3 aromatic rings. The molecule has 0 spiro atoms. The van der Waals surface area contributed by atoms with Crippen molar-refractivity contribution in [2.45, 2.75) is 46.1 Å². The lowest BCUT2D eigenvalue weighted by Gasteiger charge is -2.09. The first-order valence-electron chi connectivity index (χ1n) is 8.29. The van der Waals surface area contributed by atoms with Crippen LogP contribution in [0.2, 0.25) is 0 Å².